The molecule has 0 unspecified atom stereocenters. The Balaban J connectivity index is 1.49. The van der Waals surface area contributed by atoms with Crippen LogP contribution in [0.1, 0.15) is 26.7 Å². The number of benzene rings is 4. The molecule has 2 aliphatic rings. The number of para-hydroxylation sites is 1. The van der Waals surface area contributed by atoms with Gasteiger partial charge in [0.1, 0.15) is 0 Å². The lowest BCUT2D eigenvalue weighted by atomic mass is 9.98. The summed E-state index contributed by atoms with van der Waals surface area (Å²) in [6.07, 6.45) is 0. The van der Waals surface area contributed by atoms with Gasteiger partial charge in [-0.05, 0) is 28.8 Å². The Morgan fingerprint density at radius 2 is 1.29 bits per heavy atom. The van der Waals surface area contributed by atoms with Gasteiger partial charge in [-0.15, -0.1) is 11.8 Å². The van der Waals surface area contributed by atoms with E-state index in [9.17, 15) is 4.79 Å². The second-order valence-corrected chi connectivity index (χ2v) is 8.92. The molecule has 0 aromatic heterocycles. The zero-order valence-corrected chi connectivity index (χ0v) is 17.5. The third kappa shape index (κ3) is 3.01. The van der Waals surface area contributed by atoms with Gasteiger partial charge < -0.3 is 5.32 Å². The van der Waals surface area contributed by atoms with Gasteiger partial charge in [0, 0.05) is 21.6 Å². The van der Waals surface area contributed by atoms with E-state index < -0.39 is 0 Å². The van der Waals surface area contributed by atoms with Crippen molar-refractivity contribution in [2.24, 2.45) is 0 Å². The summed E-state index contributed by atoms with van der Waals surface area (Å²) < 4.78 is 0. The van der Waals surface area contributed by atoms with Crippen molar-refractivity contribution in [3.05, 3.63) is 125 Å². The van der Waals surface area contributed by atoms with Crippen molar-refractivity contribution < 1.29 is 4.79 Å². The van der Waals surface area contributed by atoms with Crippen LogP contribution in [0, 0.1) is 0 Å². The van der Waals surface area contributed by atoms with E-state index in [0.717, 1.165) is 38.5 Å². The number of Topliss-reactive ketones (excluding diaryl/α,β-unsaturated/α-hetero) is 1. The van der Waals surface area contributed by atoms with E-state index in [2.05, 4.69) is 72.0 Å². The maximum absolute atomic E-state index is 13.5. The van der Waals surface area contributed by atoms with Crippen molar-refractivity contribution in [2.75, 3.05) is 5.32 Å². The molecule has 4 aromatic carbocycles. The van der Waals surface area contributed by atoms with Gasteiger partial charge in [-0.25, -0.2) is 0 Å². The Hall–Kier alpha value is -3.56. The number of ketones is 1. The average Bonchev–Trinajstić information content (AvgIpc) is 3.00. The van der Waals surface area contributed by atoms with Gasteiger partial charge in [0.15, 0.2) is 5.78 Å². The van der Waals surface area contributed by atoms with E-state index in [1.54, 1.807) is 11.8 Å². The van der Waals surface area contributed by atoms with Crippen molar-refractivity contribution in [2.45, 2.75) is 10.1 Å². The van der Waals surface area contributed by atoms with Crippen LogP contribution in [-0.2, 0) is 0 Å². The number of rotatable bonds is 2. The molecule has 0 saturated heterocycles. The van der Waals surface area contributed by atoms with Crippen molar-refractivity contribution >= 4 is 28.9 Å². The zero-order chi connectivity index (χ0) is 20.8. The zero-order valence-electron chi connectivity index (χ0n) is 16.7. The summed E-state index contributed by atoms with van der Waals surface area (Å²) in [5.74, 6) is 0.121. The Morgan fingerprint density at radius 3 is 2.10 bits per heavy atom. The fourth-order valence-corrected chi connectivity index (χ4v) is 5.69. The van der Waals surface area contributed by atoms with Crippen LogP contribution in [0.4, 0.5) is 5.69 Å². The van der Waals surface area contributed by atoms with Gasteiger partial charge >= 0.3 is 0 Å². The molecule has 0 bridgehead atoms. The summed E-state index contributed by atoms with van der Waals surface area (Å²) in [4.78, 5) is 14.6. The predicted octanol–water partition coefficient (Wildman–Crippen LogP) is 7.22. The molecule has 1 N–H and O–H groups in total. The third-order valence-corrected chi connectivity index (χ3v) is 7.28. The van der Waals surface area contributed by atoms with Crippen LogP contribution in [0.15, 0.2) is 114 Å². The van der Waals surface area contributed by atoms with E-state index >= 15 is 0 Å². The molecule has 0 fully saturated rings. The van der Waals surface area contributed by atoms with Crippen LogP contribution in [0.2, 0.25) is 0 Å². The maximum Gasteiger partial charge on any atom is 0.193 e. The first kappa shape index (κ1) is 18.2. The molecule has 148 valence electrons. The highest BCUT2D eigenvalue weighted by Gasteiger charge is 2.37. The lowest BCUT2D eigenvalue weighted by molar-refractivity contribution is 0.103. The summed E-state index contributed by atoms with van der Waals surface area (Å²) >= 11 is 1.74. The molecule has 1 atom stereocenters. The molecule has 2 nitrogen and oxygen atoms in total. The van der Waals surface area contributed by atoms with Gasteiger partial charge in [0.25, 0.3) is 0 Å². The molecule has 0 spiro atoms. The molecule has 1 aliphatic heterocycles. The lowest BCUT2D eigenvalue weighted by Crippen LogP contribution is -2.07. The van der Waals surface area contributed by atoms with Crippen LogP contribution in [0.5, 0.6) is 0 Å². The molecule has 0 saturated carbocycles. The monoisotopic (exact) mass is 417 g/mol. The largest absolute Gasteiger partial charge is 0.354 e. The number of anilines is 1. The maximum atomic E-state index is 13.5. The first-order valence-electron chi connectivity index (χ1n) is 10.4. The number of nitrogens with one attached hydrogen (secondary N) is 1. The standard InChI is InChI=1S/C28H19NOS/c30-27-22-11-5-4-10-21(22)26-25(27)28(31-24-13-7-6-12-23(24)29-26)20-16-14-19(15-17-20)18-8-2-1-3-9-18/h1-17,28-29H/t28-/m0/s1. The van der Waals surface area contributed by atoms with Gasteiger partial charge in [-0.3, -0.25) is 4.79 Å². The molecule has 0 amide bonds. The lowest BCUT2D eigenvalue weighted by Gasteiger charge is -2.18. The smallest absolute Gasteiger partial charge is 0.193 e. The van der Waals surface area contributed by atoms with Crippen LogP contribution in [0.3, 0.4) is 0 Å². The first-order valence-corrected chi connectivity index (χ1v) is 11.2. The fourth-order valence-electron chi connectivity index (χ4n) is 4.40. The van der Waals surface area contributed by atoms with E-state index in [1.165, 1.54) is 11.1 Å². The molecule has 1 heterocycles. The van der Waals surface area contributed by atoms with E-state index in [0.29, 0.717) is 0 Å². The summed E-state index contributed by atoms with van der Waals surface area (Å²) in [5, 5.41) is 3.51. The summed E-state index contributed by atoms with van der Waals surface area (Å²) in [6, 6.07) is 35.2. The van der Waals surface area contributed by atoms with Crippen molar-refractivity contribution in [3.8, 4) is 11.1 Å². The SMILES string of the molecule is O=C1C2=C(Nc3ccccc3S[C@H]2c2ccc(-c3ccccc3)cc2)c2ccccc21. The van der Waals surface area contributed by atoms with Crippen LogP contribution in [-0.4, -0.2) is 5.78 Å². The number of carbonyl (C=O) groups is 1. The second-order valence-electron chi connectivity index (χ2n) is 7.77. The highest BCUT2D eigenvalue weighted by molar-refractivity contribution is 8.00. The second kappa shape index (κ2) is 7.29. The molecule has 1 aliphatic carbocycles. The molecule has 3 heteroatoms. The predicted molar refractivity (Wildman–Crippen MR) is 128 cm³/mol. The van der Waals surface area contributed by atoms with Crippen LogP contribution < -0.4 is 5.32 Å². The summed E-state index contributed by atoms with van der Waals surface area (Å²) in [6.45, 7) is 0. The average molecular weight is 418 g/mol. The summed E-state index contributed by atoms with van der Waals surface area (Å²) in [5.41, 5.74) is 8.11. The first-order chi connectivity index (χ1) is 15.3. The Morgan fingerprint density at radius 1 is 0.645 bits per heavy atom. The van der Waals surface area contributed by atoms with Gasteiger partial charge in [-0.2, -0.15) is 0 Å². The fraction of sp³-hybridized carbons (Fsp3) is 0.0357. The minimum absolute atomic E-state index is 0.0733. The molecular formula is C28H19NOS. The minimum Gasteiger partial charge on any atom is -0.354 e. The Kier molecular flexibility index (Phi) is 4.29. The van der Waals surface area contributed by atoms with Crippen LogP contribution >= 0.6 is 11.8 Å². The van der Waals surface area contributed by atoms with Crippen molar-refractivity contribution in [1.82, 2.24) is 0 Å². The molecule has 6 rings (SSSR count). The quantitative estimate of drug-likeness (QED) is 0.373. The number of hydrogen-bond donors (Lipinski definition) is 1. The molecular weight excluding hydrogens is 398 g/mol. The van der Waals surface area contributed by atoms with Gasteiger partial charge in [0.05, 0.1) is 16.6 Å². The minimum atomic E-state index is -0.0733. The van der Waals surface area contributed by atoms with Crippen LogP contribution in [0.25, 0.3) is 16.8 Å². The van der Waals surface area contributed by atoms with Crippen molar-refractivity contribution in [1.29, 1.82) is 0 Å². The summed E-state index contributed by atoms with van der Waals surface area (Å²) in [7, 11) is 0. The van der Waals surface area contributed by atoms with E-state index in [4.69, 9.17) is 0 Å². The normalized spacial score (nSPS) is 16.8. The van der Waals surface area contributed by atoms with E-state index in [-0.39, 0.29) is 11.0 Å². The van der Waals surface area contributed by atoms with E-state index in [1.807, 2.05) is 36.4 Å². The van der Waals surface area contributed by atoms with Gasteiger partial charge in [-0.1, -0.05) is 91.0 Å². The number of fused-ring (bicyclic) bond motifs is 3. The number of carbonyl (C=O) groups excluding carboxylic acids is 1. The highest BCUT2D eigenvalue weighted by atomic mass is 32.2. The molecule has 0 radical (unpaired) electrons. The molecule has 4 aromatic rings. The Labute approximate surface area is 185 Å². The number of hydrogen-bond acceptors (Lipinski definition) is 3. The molecule has 31 heavy (non-hydrogen) atoms. The van der Waals surface area contributed by atoms with Gasteiger partial charge in [0.2, 0.25) is 0 Å². The number of thioether (sulfide) groups is 1. The Bertz CT molecular complexity index is 1340. The topological polar surface area (TPSA) is 29.1 Å². The van der Waals surface area contributed by atoms with Crippen molar-refractivity contribution in [3.63, 3.8) is 0 Å². The highest BCUT2D eigenvalue weighted by Crippen LogP contribution is 2.52. The third-order valence-electron chi connectivity index (χ3n) is 5.93.